The van der Waals surface area contributed by atoms with Crippen LogP contribution in [0.5, 0.6) is 0 Å². The van der Waals surface area contributed by atoms with E-state index in [2.05, 4.69) is 26.8 Å². The minimum absolute atomic E-state index is 0.0784. The average molecular weight is 288 g/mol. The SMILES string of the molecule is C[C@H]1C[C@H]2OC(=O)C=C[C@]2(C)C2CC[C@]3(C)CCCC3C21. The largest absolute Gasteiger partial charge is 0.458 e. The van der Waals surface area contributed by atoms with Gasteiger partial charge in [-0.1, -0.05) is 33.3 Å². The molecule has 3 saturated carbocycles. The molecule has 1 aliphatic heterocycles. The molecule has 4 aliphatic rings. The zero-order chi connectivity index (χ0) is 14.8. The van der Waals surface area contributed by atoms with Gasteiger partial charge >= 0.3 is 5.97 Å². The van der Waals surface area contributed by atoms with Crippen LogP contribution in [0.1, 0.15) is 59.3 Å². The van der Waals surface area contributed by atoms with Crippen LogP contribution in [0.15, 0.2) is 12.2 Å². The molecule has 0 N–H and O–H groups in total. The highest BCUT2D eigenvalue weighted by atomic mass is 16.5. The molecule has 2 nitrogen and oxygen atoms in total. The highest BCUT2D eigenvalue weighted by molar-refractivity contribution is 5.83. The molecule has 0 saturated heterocycles. The maximum Gasteiger partial charge on any atom is 0.330 e. The van der Waals surface area contributed by atoms with Crippen molar-refractivity contribution in [2.24, 2.45) is 34.5 Å². The van der Waals surface area contributed by atoms with Crippen LogP contribution < -0.4 is 0 Å². The van der Waals surface area contributed by atoms with E-state index >= 15 is 0 Å². The topological polar surface area (TPSA) is 26.3 Å². The standard InChI is InChI=1S/C19H28O2/c1-12-11-15-19(3,10-7-16(20)21-15)14-6-9-18(2)8-4-5-13(18)17(12)14/h7,10,12-15,17H,4-6,8-9,11H2,1-3H3/t12-,13?,14?,15+,17?,18-,19+/m0/s1. The first-order chi connectivity index (χ1) is 9.94. The van der Waals surface area contributed by atoms with Crippen molar-refractivity contribution in [1.29, 1.82) is 0 Å². The molecule has 7 atom stereocenters. The Balaban J connectivity index is 1.73. The van der Waals surface area contributed by atoms with Crippen molar-refractivity contribution >= 4 is 5.97 Å². The lowest BCUT2D eigenvalue weighted by Crippen LogP contribution is -2.57. The van der Waals surface area contributed by atoms with Crippen LogP contribution in [0.4, 0.5) is 0 Å². The molecule has 0 amide bonds. The van der Waals surface area contributed by atoms with Crippen LogP contribution in [-0.4, -0.2) is 12.1 Å². The van der Waals surface area contributed by atoms with Crippen LogP contribution in [0.2, 0.25) is 0 Å². The lowest BCUT2D eigenvalue weighted by Gasteiger charge is -2.59. The summed E-state index contributed by atoms with van der Waals surface area (Å²) in [6.45, 7) is 7.30. The van der Waals surface area contributed by atoms with Gasteiger partial charge in [0.05, 0.1) is 0 Å². The van der Waals surface area contributed by atoms with Gasteiger partial charge in [0.25, 0.3) is 0 Å². The fourth-order valence-corrected chi connectivity index (χ4v) is 6.52. The number of carbonyl (C=O) groups excluding carboxylic acids is 1. The first kappa shape index (κ1) is 13.8. The lowest BCUT2D eigenvalue weighted by atomic mass is 9.47. The van der Waals surface area contributed by atoms with E-state index in [-0.39, 0.29) is 17.5 Å². The van der Waals surface area contributed by atoms with E-state index in [0.717, 1.165) is 18.3 Å². The summed E-state index contributed by atoms with van der Waals surface area (Å²) in [6.07, 6.45) is 12.0. The number of ether oxygens (including phenoxy) is 1. The predicted octanol–water partition coefficient (Wildman–Crippen LogP) is 4.35. The summed E-state index contributed by atoms with van der Waals surface area (Å²) < 4.78 is 5.72. The van der Waals surface area contributed by atoms with Crippen LogP contribution >= 0.6 is 0 Å². The molecular formula is C19H28O2. The average Bonchev–Trinajstić information content (AvgIpc) is 2.82. The van der Waals surface area contributed by atoms with Gasteiger partial charge in [-0.05, 0) is 61.2 Å². The number of esters is 1. The van der Waals surface area contributed by atoms with E-state index in [9.17, 15) is 4.79 Å². The Morgan fingerprint density at radius 2 is 2.00 bits per heavy atom. The molecule has 116 valence electrons. The van der Waals surface area contributed by atoms with Crippen LogP contribution in [0.25, 0.3) is 0 Å². The van der Waals surface area contributed by atoms with Crippen molar-refractivity contribution in [1.82, 2.24) is 0 Å². The Morgan fingerprint density at radius 1 is 1.19 bits per heavy atom. The second-order valence-corrected chi connectivity index (χ2v) is 8.71. The summed E-state index contributed by atoms with van der Waals surface area (Å²) in [6, 6.07) is 0. The monoisotopic (exact) mass is 288 g/mol. The fourth-order valence-electron chi connectivity index (χ4n) is 6.52. The van der Waals surface area contributed by atoms with Gasteiger partial charge in [-0.25, -0.2) is 4.79 Å². The van der Waals surface area contributed by atoms with Gasteiger partial charge in [-0.15, -0.1) is 0 Å². The normalized spacial score (nSPS) is 55.4. The van der Waals surface area contributed by atoms with Crippen molar-refractivity contribution in [2.45, 2.75) is 65.4 Å². The maximum atomic E-state index is 11.7. The highest BCUT2D eigenvalue weighted by Gasteiger charge is 2.59. The van der Waals surface area contributed by atoms with E-state index in [0.29, 0.717) is 17.3 Å². The van der Waals surface area contributed by atoms with Crippen LogP contribution in [0.3, 0.4) is 0 Å². The Labute approximate surface area is 128 Å². The zero-order valence-corrected chi connectivity index (χ0v) is 13.6. The van der Waals surface area contributed by atoms with E-state index < -0.39 is 0 Å². The molecule has 1 heterocycles. The summed E-state index contributed by atoms with van der Waals surface area (Å²) in [5, 5.41) is 0. The van der Waals surface area contributed by atoms with Crippen LogP contribution in [-0.2, 0) is 9.53 Å². The van der Waals surface area contributed by atoms with E-state index in [4.69, 9.17) is 4.74 Å². The molecule has 0 bridgehead atoms. The van der Waals surface area contributed by atoms with Gasteiger partial charge in [-0.2, -0.15) is 0 Å². The molecule has 3 unspecified atom stereocenters. The smallest absolute Gasteiger partial charge is 0.330 e. The molecule has 4 rings (SSSR count). The fraction of sp³-hybridized carbons (Fsp3) is 0.842. The zero-order valence-electron chi connectivity index (χ0n) is 13.6. The molecule has 3 aliphatic carbocycles. The third-order valence-corrected chi connectivity index (χ3v) is 7.69. The quantitative estimate of drug-likeness (QED) is 0.620. The third-order valence-electron chi connectivity index (χ3n) is 7.69. The van der Waals surface area contributed by atoms with Crippen molar-refractivity contribution in [3.63, 3.8) is 0 Å². The van der Waals surface area contributed by atoms with Gasteiger partial charge in [-0.3, -0.25) is 0 Å². The molecule has 0 aromatic heterocycles. The summed E-state index contributed by atoms with van der Waals surface area (Å²) in [5.41, 5.74) is 0.669. The second-order valence-electron chi connectivity index (χ2n) is 8.71. The number of hydrogen-bond donors (Lipinski definition) is 0. The third kappa shape index (κ3) is 1.80. The van der Waals surface area contributed by atoms with Gasteiger partial charge in [0.15, 0.2) is 0 Å². The minimum atomic E-state index is -0.135. The van der Waals surface area contributed by atoms with E-state index in [1.165, 1.54) is 32.1 Å². The molecule has 3 fully saturated rings. The number of rotatable bonds is 0. The second kappa shape index (κ2) is 4.36. The Bertz CT molecular complexity index is 496. The van der Waals surface area contributed by atoms with Crippen molar-refractivity contribution in [3.8, 4) is 0 Å². The summed E-state index contributed by atoms with van der Waals surface area (Å²) in [5.74, 6) is 2.98. The first-order valence-corrected chi connectivity index (χ1v) is 8.84. The van der Waals surface area contributed by atoms with Crippen LogP contribution in [0, 0.1) is 34.5 Å². The van der Waals surface area contributed by atoms with Gasteiger partial charge in [0.1, 0.15) is 6.10 Å². The van der Waals surface area contributed by atoms with Gasteiger partial charge < -0.3 is 4.74 Å². The molecule has 0 aromatic rings. The van der Waals surface area contributed by atoms with E-state index in [1.54, 1.807) is 6.08 Å². The van der Waals surface area contributed by atoms with Gasteiger partial charge in [0.2, 0.25) is 0 Å². The molecular weight excluding hydrogens is 260 g/mol. The molecule has 2 heteroatoms. The van der Waals surface area contributed by atoms with Gasteiger partial charge in [0, 0.05) is 11.5 Å². The Morgan fingerprint density at radius 3 is 2.81 bits per heavy atom. The predicted molar refractivity (Wildman–Crippen MR) is 82.6 cm³/mol. The van der Waals surface area contributed by atoms with Crippen molar-refractivity contribution in [2.75, 3.05) is 0 Å². The first-order valence-electron chi connectivity index (χ1n) is 8.84. The molecule has 21 heavy (non-hydrogen) atoms. The summed E-state index contributed by atoms with van der Waals surface area (Å²) in [4.78, 5) is 11.7. The maximum absolute atomic E-state index is 11.7. The number of fused-ring (bicyclic) bond motifs is 5. The van der Waals surface area contributed by atoms with E-state index in [1.807, 2.05) is 0 Å². The van der Waals surface area contributed by atoms with Crippen molar-refractivity contribution in [3.05, 3.63) is 12.2 Å². The Hall–Kier alpha value is -0.790. The number of hydrogen-bond acceptors (Lipinski definition) is 2. The minimum Gasteiger partial charge on any atom is -0.458 e. The van der Waals surface area contributed by atoms with Crippen molar-refractivity contribution < 1.29 is 9.53 Å². The number of carbonyl (C=O) groups is 1. The molecule has 0 radical (unpaired) electrons. The molecule has 0 aromatic carbocycles. The lowest BCUT2D eigenvalue weighted by molar-refractivity contribution is -0.173. The molecule has 0 spiro atoms. The summed E-state index contributed by atoms with van der Waals surface area (Å²) >= 11 is 0. The highest BCUT2D eigenvalue weighted by Crippen LogP contribution is 2.64. The Kier molecular flexibility index (Phi) is 2.88. The summed E-state index contributed by atoms with van der Waals surface area (Å²) in [7, 11) is 0.